The lowest BCUT2D eigenvalue weighted by atomic mass is 9.87. The van der Waals surface area contributed by atoms with Crippen LogP contribution in [0.5, 0.6) is 0 Å². The van der Waals surface area contributed by atoms with Crippen molar-refractivity contribution in [3.8, 4) is 0 Å². The molecule has 0 radical (unpaired) electrons. The fourth-order valence-electron chi connectivity index (χ4n) is 1.97. The van der Waals surface area contributed by atoms with Gasteiger partial charge >= 0.3 is 17.5 Å². The SMILES string of the molecule is CCC(C)(Cn1ccoc1=O)C(=O)OCCn1ccoc1=O. The minimum absolute atomic E-state index is 0.0498. The summed E-state index contributed by atoms with van der Waals surface area (Å²) in [6, 6.07) is 0. The van der Waals surface area contributed by atoms with Crippen molar-refractivity contribution in [2.45, 2.75) is 33.4 Å². The predicted octanol–water partition coefficient (Wildman–Crippen LogP) is 0.856. The topological polar surface area (TPSA) is 96.6 Å². The molecule has 0 amide bonds. The lowest BCUT2D eigenvalue weighted by Gasteiger charge is -2.25. The molecule has 0 spiro atoms. The molecule has 0 aliphatic carbocycles. The van der Waals surface area contributed by atoms with Crippen molar-refractivity contribution < 1.29 is 18.4 Å². The monoisotopic (exact) mass is 310 g/mol. The fourth-order valence-corrected chi connectivity index (χ4v) is 1.97. The van der Waals surface area contributed by atoms with E-state index in [0.29, 0.717) is 6.42 Å². The van der Waals surface area contributed by atoms with Crippen LogP contribution in [-0.2, 0) is 22.6 Å². The van der Waals surface area contributed by atoms with Gasteiger partial charge in [-0.3, -0.25) is 13.9 Å². The lowest BCUT2D eigenvalue weighted by molar-refractivity contribution is -0.156. The van der Waals surface area contributed by atoms with Crippen molar-refractivity contribution in [3.63, 3.8) is 0 Å². The van der Waals surface area contributed by atoms with Crippen LogP contribution in [0.15, 0.2) is 43.3 Å². The van der Waals surface area contributed by atoms with Gasteiger partial charge in [0.05, 0.1) is 12.0 Å². The molecule has 0 aromatic carbocycles. The maximum Gasteiger partial charge on any atom is 0.418 e. The van der Waals surface area contributed by atoms with Crippen molar-refractivity contribution in [1.82, 2.24) is 9.13 Å². The minimum atomic E-state index is -0.852. The van der Waals surface area contributed by atoms with Gasteiger partial charge in [-0.15, -0.1) is 0 Å². The van der Waals surface area contributed by atoms with Crippen LogP contribution in [0, 0.1) is 5.41 Å². The Labute approximate surface area is 125 Å². The number of carbonyl (C=O) groups excluding carboxylic acids is 1. The highest BCUT2D eigenvalue weighted by Gasteiger charge is 2.34. The van der Waals surface area contributed by atoms with Crippen molar-refractivity contribution in [3.05, 3.63) is 46.0 Å². The fraction of sp³-hybridized carbons (Fsp3) is 0.500. The molecule has 2 rings (SSSR count). The Hall–Kier alpha value is -2.51. The number of aromatic nitrogens is 2. The predicted molar refractivity (Wildman–Crippen MR) is 75.3 cm³/mol. The maximum absolute atomic E-state index is 12.3. The summed E-state index contributed by atoms with van der Waals surface area (Å²) < 4.78 is 17.2. The van der Waals surface area contributed by atoms with Crippen LogP contribution in [0.3, 0.4) is 0 Å². The van der Waals surface area contributed by atoms with E-state index in [1.807, 2.05) is 6.92 Å². The van der Waals surface area contributed by atoms with E-state index in [0.717, 1.165) is 0 Å². The highest BCUT2D eigenvalue weighted by atomic mass is 16.5. The molecule has 2 heterocycles. The van der Waals surface area contributed by atoms with E-state index in [2.05, 4.69) is 8.83 Å². The molecule has 0 fully saturated rings. The summed E-state index contributed by atoms with van der Waals surface area (Å²) in [5.41, 5.74) is -0.852. The van der Waals surface area contributed by atoms with Crippen LogP contribution in [0.4, 0.5) is 0 Å². The third-order valence-corrected chi connectivity index (χ3v) is 3.65. The first-order valence-corrected chi connectivity index (χ1v) is 6.91. The highest BCUT2D eigenvalue weighted by Crippen LogP contribution is 2.25. The number of hydrogen-bond donors (Lipinski definition) is 0. The first kappa shape index (κ1) is 15.9. The van der Waals surface area contributed by atoms with E-state index in [1.165, 1.54) is 34.1 Å². The second kappa shape index (κ2) is 6.50. The van der Waals surface area contributed by atoms with Gasteiger partial charge in [0.15, 0.2) is 0 Å². The Kier molecular flexibility index (Phi) is 4.69. The third kappa shape index (κ3) is 3.38. The molecule has 1 unspecified atom stereocenters. The summed E-state index contributed by atoms with van der Waals surface area (Å²) in [4.78, 5) is 34.9. The van der Waals surface area contributed by atoms with Crippen LogP contribution in [-0.4, -0.2) is 21.7 Å². The van der Waals surface area contributed by atoms with Crippen molar-refractivity contribution in [2.75, 3.05) is 6.61 Å². The molecular weight excluding hydrogens is 292 g/mol. The number of rotatable bonds is 7. The maximum atomic E-state index is 12.3. The zero-order chi connectivity index (χ0) is 16.2. The molecule has 0 bridgehead atoms. The lowest BCUT2D eigenvalue weighted by Crippen LogP contribution is -2.36. The summed E-state index contributed by atoms with van der Waals surface area (Å²) in [7, 11) is 0. The molecule has 0 saturated heterocycles. The number of esters is 1. The average Bonchev–Trinajstić information content (AvgIpc) is 3.08. The number of ether oxygens (including phenoxy) is 1. The number of nitrogens with zero attached hydrogens (tertiary/aromatic N) is 2. The molecule has 0 aliphatic rings. The van der Waals surface area contributed by atoms with Gasteiger partial charge in [-0.1, -0.05) is 6.92 Å². The number of carbonyl (C=O) groups is 1. The van der Waals surface area contributed by atoms with Gasteiger partial charge in [0.1, 0.15) is 19.1 Å². The van der Waals surface area contributed by atoms with Crippen LogP contribution in [0.1, 0.15) is 20.3 Å². The van der Waals surface area contributed by atoms with Crippen molar-refractivity contribution >= 4 is 5.97 Å². The zero-order valence-electron chi connectivity index (χ0n) is 12.5. The van der Waals surface area contributed by atoms with Gasteiger partial charge in [0.25, 0.3) is 0 Å². The quantitative estimate of drug-likeness (QED) is 0.704. The molecule has 1 atom stereocenters. The Morgan fingerprint density at radius 1 is 1.18 bits per heavy atom. The average molecular weight is 310 g/mol. The minimum Gasteiger partial charge on any atom is -0.463 e. The van der Waals surface area contributed by atoms with Gasteiger partial charge in [0.2, 0.25) is 0 Å². The molecule has 8 nitrogen and oxygen atoms in total. The normalized spacial score (nSPS) is 13.7. The van der Waals surface area contributed by atoms with Gasteiger partial charge < -0.3 is 13.6 Å². The second-order valence-electron chi connectivity index (χ2n) is 5.21. The van der Waals surface area contributed by atoms with Gasteiger partial charge in [0, 0.05) is 18.9 Å². The van der Waals surface area contributed by atoms with Crippen LogP contribution < -0.4 is 11.5 Å². The first-order chi connectivity index (χ1) is 10.5. The largest absolute Gasteiger partial charge is 0.463 e. The molecule has 120 valence electrons. The molecule has 22 heavy (non-hydrogen) atoms. The molecule has 8 heteroatoms. The number of hydrogen-bond acceptors (Lipinski definition) is 6. The van der Waals surface area contributed by atoms with Gasteiger partial charge in [-0.2, -0.15) is 0 Å². The molecule has 0 N–H and O–H groups in total. The standard InChI is InChI=1S/C14H18N2O6/c1-3-14(2,10-16-6-9-22-13(16)19)11(17)20-7-4-15-5-8-21-12(15)18/h5-6,8-9H,3-4,7,10H2,1-2H3. The van der Waals surface area contributed by atoms with Crippen LogP contribution >= 0.6 is 0 Å². The third-order valence-electron chi connectivity index (χ3n) is 3.65. The summed E-state index contributed by atoms with van der Waals surface area (Å²) in [6.45, 7) is 4.00. The Morgan fingerprint density at radius 2 is 1.77 bits per heavy atom. The molecule has 0 aliphatic heterocycles. The van der Waals surface area contributed by atoms with Crippen LogP contribution in [0.25, 0.3) is 0 Å². The summed E-state index contributed by atoms with van der Waals surface area (Å²) in [5.74, 6) is -1.45. The Balaban J connectivity index is 1.96. The first-order valence-electron chi connectivity index (χ1n) is 6.91. The van der Waals surface area contributed by atoms with E-state index in [9.17, 15) is 14.4 Å². The molecule has 2 aromatic rings. The van der Waals surface area contributed by atoms with Crippen molar-refractivity contribution in [1.29, 1.82) is 0 Å². The van der Waals surface area contributed by atoms with E-state index in [1.54, 1.807) is 6.92 Å². The molecule has 2 aromatic heterocycles. The number of oxazole rings is 2. The van der Waals surface area contributed by atoms with Gasteiger partial charge in [-0.25, -0.2) is 9.59 Å². The summed E-state index contributed by atoms with van der Waals surface area (Å²) >= 11 is 0. The van der Waals surface area contributed by atoms with Crippen molar-refractivity contribution in [2.24, 2.45) is 5.41 Å². The summed E-state index contributed by atoms with van der Waals surface area (Å²) in [5, 5.41) is 0. The summed E-state index contributed by atoms with van der Waals surface area (Å²) in [6.07, 6.45) is 5.99. The smallest absolute Gasteiger partial charge is 0.418 e. The van der Waals surface area contributed by atoms with E-state index in [-0.39, 0.29) is 19.7 Å². The second-order valence-corrected chi connectivity index (χ2v) is 5.21. The Morgan fingerprint density at radius 3 is 2.27 bits per heavy atom. The van der Waals surface area contributed by atoms with E-state index < -0.39 is 22.9 Å². The van der Waals surface area contributed by atoms with E-state index >= 15 is 0 Å². The zero-order valence-corrected chi connectivity index (χ0v) is 12.5. The van der Waals surface area contributed by atoms with Crippen LogP contribution in [0.2, 0.25) is 0 Å². The molecular formula is C14H18N2O6. The highest BCUT2D eigenvalue weighted by molar-refractivity contribution is 5.76. The molecule has 0 saturated carbocycles. The van der Waals surface area contributed by atoms with Gasteiger partial charge in [-0.05, 0) is 13.3 Å². The van der Waals surface area contributed by atoms with E-state index in [4.69, 9.17) is 4.74 Å². The Bertz CT molecular complexity index is 737.